The van der Waals surface area contributed by atoms with E-state index in [1.54, 1.807) is 0 Å². The van der Waals surface area contributed by atoms with E-state index in [1.807, 2.05) is 24.4 Å². The van der Waals surface area contributed by atoms with Crippen molar-refractivity contribution in [3.05, 3.63) is 40.7 Å². The zero-order chi connectivity index (χ0) is 13.9. The van der Waals surface area contributed by atoms with Gasteiger partial charge in [-0.1, -0.05) is 13.0 Å². The Morgan fingerprint density at radius 2 is 2.26 bits per heavy atom. The topological polar surface area (TPSA) is 85.1 Å². The summed E-state index contributed by atoms with van der Waals surface area (Å²) in [6.45, 7) is 1.94. The van der Waals surface area contributed by atoms with Crippen LogP contribution in [0.1, 0.15) is 24.3 Å². The van der Waals surface area contributed by atoms with E-state index < -0.39 is 10.0 Å². The lowest BCUT2D eigenvalue weighted by molar-refractivity contribution is 0.553. The van der Waals surface area contributed by atoms with E-state index in [4.69, 9.17) is 5.73 Å². The molecule has 0 amide bonds. The van der Waals surface area contributed by atoms with Crippen LogP contribution in [0.3, 0.4) is 0 Å². The van der Waals surface area contributed by atoms with Crippen molar-refractivity contribution >= 4 is 27.2 Å². The molecule has 0 aliphatic carbocycles. The fourth-order valence-corrected chi connectivity index (χ4v) is 3.94. The Bertz CT molecular complexity index is 639. The summed E-state index contributed by atoms with van der Waals surface area (Å²) < 4.78 is 27.2. The molecule has 0 aliphatic rings. The number of rotatable bonds is 5. The standard InChI is InChI=1S/C12H15N3O2S2/c1-2-10(11-4-3-7-18-11)15-19(16,17)9-5-6-14-12(13)8-9/h3-8,10,15H,2H2,1H3,(H2,13,14). The minimum atomic E-state index is -3.58. The van der Waals surface area contributed by atoms with Gasteiger partial charge in [-0.15, -0.1) is 11.3 Å². The predicted octanol–water partition coefficient (Wildman–Crippen LogP) is 2.15. The van der Waals surface area contributed by atoms with E-state index in [0.29, 0.717) is 6.42 Å². The highest BCUT2D eigenvalue weighted by Crippen LogP contribution is 2.24. The average Bonchev–Trinajstić information content (AvgIpc) is 2.90. The van der Waals surface area contributed by atoms with Crippen molar-refractivity contribution in [1.82, 2.24) is 9.71 Å². The van der Waals surface area contributed by atoms with Crippen molar-refractivity contribution in [2.45, 2.75) is 24.3 Å². The van der Waals surface area contributed by atoms with Gasteiger partial charge >= 0.3 is 0 Å². The lowest BCUT2D eigenvalue weighted by atomic mass is 10.2. The normalized spacial score (nSPS) is 13.3. The number of nitrogens with two attached hydrogens (primary N) is 1. The van der Waals surface area contributed by atoms with Crippen molar-refractivity contribution in [3.8, 4) is 0 Å². The second-order valence-electron chi connectivity index (χ2n) is 4.01. The molecular formula is C12H15N3O2S2. The third-order valence-corrected chi connectivity index (χ3v) is 5.11. The Hall–Kier alpha value is -1.44. The number of nitrogens with one attached hydrogen (secondary N) is 1. The van der Waals surface area contributed by atoms with Gasteiger partial charge in [0, 0.05) is 17.1 Å². The number of hydrogen-bond donors (Lipinski definition) is 2. The van der Waals surface area contributed by atoms with Crippen LogP contribution < -0.4 is 10.5 Å². The molecule has 3 N–H and O–H groups in total. The molecule has 2 heterocycles. The van der Waals surface area contributed by atoms with Gasteiger partial charge in [0.05, 0.1) is 10.9 Å². The van der Waals surface area contributed by atoms with Gasteiger partial charge in [0.25, 0.3) is 0 Å². The molecule has 2 aromatic rings. The molecular weight excluding hydrogens is 282 g/mol. The molecule has 2 aromatic heterocycles. The molecule has 0 fully saturated rings. The van der Waals surface area contributed by atoms with Crippen molar-refractivity contribution in [2.24, 2.45) is 0 Å². The van der Waals surface area contributed by atoms with E-state index in [1.165, 1.54) is 29.7 Å². The summed E-state index contributed by atoms with van der Waals surface area (Å²) >= 11 is 1.53. The van der Waals surface area contributed by atoms with Gasteiger partial charge in [0.1, 0.15) is 5.82 Å². The minimum absolute atomic E-state index is 0.134. The molecule has 0 aromatic carbocycles. The third kappa shape index (κ3) is 3.31. The Labute approximate surface area is 116 Å². The van der Waals surface area contributed by atoms with Gasteiger partial charge in [-0.05, 0) is 23.9 Å². The lowest BCUT2D eigenvalue weighted by Crippen LogP contribution is -2.28. The molecule has 0 spiro atoms. The van der Waals surface area contributed by atoms with Crippen LogP contribution in [0.15, 0.2) is 40.7 Å². The summed E-state index contributed by atoms with van der Waals surface area (Å²) in [5, 5.41) is 1.93. The van der Waals surface area contributed by atoms with Crippen molar-refractivity contribution in [2.75, 3.05) is 5.73 Å². The first-order valence-corrected chi connectivity index (χ1v) is 8.16. The van der Waals surface area contributed by atoms with Crippen LogP contribution in [0.25, 0.3) is 0 Å². The molecule has 102 valence electrons. The summed E-state index contributed by atoms with van der Waals surface area (Å²) in [5.74, 6) is 0.187. The maximum atomic E-state index is 12.3. The van der Waals surface area contributed by atoms with Crippen LogP contribution in [-0.4, -0.2) is 13.4 Å². The molecule has 0 radical (unpaired) electrons. The molecule has 0 saturated carbocycles. The third-order valence-electron chi connectivity index (χ3n) is 2.66. The van der Waals surface area contributed by atoms with Gasteiger partial charge in [-0.2, -0.15) is 0 Å². The van der Waals surface area contributed by atoms with Gasteiger partial charge in [-0.25, -0.2) is 18.1 Å². The summed E-state index contributed by atoms with van der Waals surface area (Å²) in [6.07, 6.45) is 2.07. The first-order valence-electron chi connectivity index (χ1n) is 5.80. The number of aromatic nitrogens is 1. The predicted molar refractivity (Wildman–Crippen MR) is 76.3 cm³/mol. The van der Waals surface area contributed by atoms with Crippen LogP contribution in [0.5, 0.6) is 0 Å². The SMILES string of the molecule is CCC(NS(=O)(=O)c1ccnc(N)c1)c1cccs1. The molecule has 2 rings (SSSR count). The van der Waals surface area contributed by atoms with Gasteiger partial charge < -0.3 is 5.73 Å². The highest BCUT2D eigenvalue weighted by molar-refractivity contribution is 7.89. The minimum Gasteiger partial charge on any atom is -0.384 e. The monoisotopic (exact) mass is 297 g/mol. The largest absolute Gasteiger partial charge is 0.384 e. The number of pyridine rings is 1. The molecule has 0 saturated heterocycles. The van der Waals surface area contributed by atoms with Crippen LogP contribution in [0.4, 0.5) is 5.82 Å². The zero-order valence-electron chi connectivity index (χ0n) is 10.4. The molecule has 0 bridgehead atoms. The molecule has 1 atom stereocenters. The summed E-state index contributed by atoms with van der Waals surface area (Å²) in [6, 6.07) is 6.38. The van der Waals surface area contributed by atoms with Crippen molar-refractivity contribution < 1.29 is 8.42 Å². The number of hydrogen-bond acceptors (Lipinski definition) is 5. The Morgan fingerprint density at radius 1 is 1.47 bits per heavy atom. The first kappa shape index (κ1) is 14.0. The quantitative estimate of drug-likeness (QED) is 0.885. The number of nitrogens with zero attached hydrogens (tertiary/aromatic N) is 1. The van der Waals surface area contributed by atoms with Crippen LogP contribution in [0, 0.1) is 0 Å². The average molecular weight is 297 g/mol. The van der Waals surface area contributed by atoms with E-state index in [-0.39, 0.29) is 16.8 Å². The molecule has 5 nitrogen and oxygen atoms in total. The second kappa shape index (κ2) is 5.68. The summed E-state index contributed by atoms with van der Waals surface area (Å²) in [7, 11) is -3.58. The number of sulfonamides is 1. The molecule has 19 heavy (non-hydrogen) atoms. The van der Waals surface area contributed by atoms with Crippen LogP contribution in [-0.2, 0) is 10.0 Å². The Morgan fingerprint density at radius 3 is 2.84 bits per heavy atom. The maximum absolute atomic E-state index is 12.3. The summed E-state index contributed by atoms with van der Waals surface area (Å²) in [5.41, 5.74) is 5.51. The van der Waals surface area contributed by atoms with Gasteiger partial charge in [0.2, 0.25) is 10.0 Å². The second-order valence-corrected chi connectivity index (χ2v) is 6.71. The number of nitrogen functional groups attached to an aromatic ring is 1. The molecule has 0 aliphatic heterocycles. The smallest absolute Gasteiger partial charge is 0.241 e. The first-order chi connectivity index (χ1) is 9.03. The van der Waals surface area contributed by atoms with E-state index in [2.05, 4.69) is 9.71 Å². The lowest BCUT2D eigenvalue weighted by Gasteiger charge is -2.15. The van der Waals surface area contributed by atoms with E-state index in [0.717, 1.165) is 4.88 Å². The highest BCUT2D eigenvalue weighted by Gasteiger charge is 2.21. The Kier molecular flexibility index (Phi) is 4.18. The van der Waals surface area contributed by atoms with E-state index >= 15 is 0 Å². The van der Waals surface area contributed by atoms with Crippen molar-refractivity contribution in [1.29, 1.82) is 0 Å². The fraction of sp³-hybridized carbons (Fsp3) is 0.250. The summed E-state index contributed by atoms with van der Waals surface area (Å²) in [4.78, 5) is 4.92. The van der Waals surface area contributed by atoms with Gasteiger partial charge in [-0.3, -0.25) is 0 Å². The maximum Gasteiger partial charge on any atom is 0.241 e. The van der Waals surface area contributed by atoms with Crippen LogP contribution in [0.2, 0.25) is 0 Å². The molecule has 1 unspecified atom stereocenters. The fourth-order valence-electron chi connectivity index (χ4n) is 1.68. The van der Waals surface area contributed by atoms with Crippen LogP contribution >= 0.6 is 11.3 Å². The highest BCUT2D eigenvalue weighted by atomic mass is 32.2. The number of anilines is 1. The Balaban J connectivity index is 2.26. The van der Waals surface area contributed by atoms with Gasteiger partial charge in [0.15, 0.2) is 0 Å². The van der Waals surface area contributed by atoms with Crippen molar-refractivity contribution in [3.63, 3.8) is 0 Å². The van der Waals surface area contributed by atoms with E-state index in [9.17, 15) is 8.42 Å². The molecule has 7 heteroatoms. The zero-order valence-corrected chi connectivity index (χ0v) is 12.0. The number of thiophene rings is 1.